The standard InChI is InChI=1S/C11H10F3NO3/c1-15(5-9(16)18-2)11(17)6-3-7(12)10(14)8(13)4-6/h3-4H,5H2,1-2H3. The van der Waals surface area contributed by atoms with E-state index in [0.29, 0.717) is 12.1 Å². The third-order valence-corrected chi connectivity index (χ3v) is 2.17. The minimum Gasteiger partial charge on any atom is -0.468 e. The van der Waals surface area contributed by atoms with E-state index in [1.165, 1.54) is 7.05 Å². The maximum absolute atomic E-state index is 12.9. The van der Waals surface area contributed by atoms with Crippen LogP contribution >= 0.6 is 0 Å². The highest BCUT2D eigenvalue weighted by molar-refractivity contribution is 5.95. The van der Waals surface area contributed by atoms with E-state index in [1.807, 2.05) is 0 Å². The van der Waals surface area contributed by atoms with E-state index >= 15 is 0 Å². The molecule has 0 aromatic heterocycles. The first-order chi connectivity index (χ1) is 8.36. The van der Waals surface area contributed by atoms with E-state index < -0.39 is 34.9 Å². The Morgan fingerprint density at radius 1 is 1.22 bits per heavy atom. The first kappa shape index (κ1) is 14.0. The molecule has 0 heterocycles. The smallest absolute Gasteiger partial charge is 0.325 e. The van der Waals surface area contributed by atoms with E-state index in [9.17, 15) is 22.8 Å². The first-order valence-corrected chi connectivity index (χ1v) is 4.83. The lowest BCUT2D eigenvalue weighted by Gasteiger charge is -2.15. The summed E-state index contributed by atoms with van der Waals surface area (Å²) >= 11 is 0. The zero-order valence-corrected chi connectivity index (χ0v) is 9.67. The molecule has 1 amide bonds. The molecule has 0 radical (unpaired) electrons. The van der Waals surface area contributed by atoms with Crippen molar-refractivity contribution in [3.8, 4) is 0 Å². The molecule has 0 atom stereocenters. The molecule has 0 aliphatic rings. The maximum Gasteiger partial charge on any atom is 0.325 e. The summed E-state index contributed by atoms with van der Waals surface area (Å²) < 4.78 is 42.9. The predicted molar refractivity (Wildman–Crippen MR) is 55.3 cm³/mol. The summed E-state index contributed by atoms with van der Waals surface area (Å²) in [4.78, 5) is 23.5. The van der Waals surface area contributed by atoms with Crippen LogP contribution in [0, 0.1) is 17.5 Å². The van der Waals surface area contributed by atoms with Crippen LogP contribution in [0.15, 0.2) is 12.1 Å². The molecule has 1 aromatic rings. The number of ether oxygens (including phenoxy) is 1. The Morgan fingerprint density at radius 2 is 1.72 bits per heavy atom. The molecule has 0 saturated carbocycles. The van der Waals surface area contributed by atoms with Crippen molar-refractivity contribution in [2.75, 3.05) is 20.7 Å². The van der Waals surface area contributed by atoms with E-state index in [1.54, 1.807) is 0 Å². The molecule has 0 unspecified atom stereocenters. The van der Waals surface area contributed by atoms with Crippen molar-refractivity contribution < 1.29 is 27.5 Å². The molecular formula is C11H10F3NO3. The zero-order chi connectivity index (χ0) is 13.9. The van der Waals surface area contributed by atoms with Gasteiger partial charge in [0.1, 0.15) is 6.54 Å². The Labute approximate surface area is 101 Å². The minimum atomic E-state index is -1.65. The predicted octanol–water partition coefficient (Wildman–Crippen LogP) is 1.35. The monoisotopic (exact) mass is 261 g/mol. The Hall–Kier alpha value is -2.05. The largest absolute Gasteiger partial charge is 0.468 e. The molecular weight excluding hydrogens is 251 g/mol. The van der Waals surface area contributed by atoms with Gasteiger partial charge in [0.05, 0.1) is 7.11 Å². The Bertz CT molecular complexity index is 467. The van der Waals surface area contributed by atoms with Crippen LogP contribution in [0.4, 0.5) is 13.2 Å². The van der Waals surface area contributed by atoms with Crippen molar-refractivity contribution in [3.05, 3.63) is 35.1 Å². The molecule has 0 spiro atoms. The highest BCUT2D eigenvalue weighted by Gasteiger charge is 2.19. The summed E-state index contributed by atoms with van der Waals surface area (Å²) in [7, 11) is 2.39. The summed E-state index contributed by atoms with van der Waals surface area (Å²) in [5.74, 6) is -6.09. The highest BCUT2D eigenvalue weighted by atomic mass is 19.2. The molecule has 1 rings (SSSR count). The van der Waals surface area contributed by atoms with Crippen LogP contribution in [0.3, 0.4) is 0 Å². The number of carbonyl (C=O) groups excluding carboxylic acids is 2. The van der Waals surface area contributed by atoms with Gasteiger partial charge in [0.15, 0.2) is 17.5 Å². The van der Waals surface area contributed by atoms with Gasteiger partial charge >= 0.3 is 5.97 Å². The Morgan fingerprint density at radius 3 is 2.17 bits per heavy atom. The normalized spacial score (nSPS) is 10.1. The maximum atomic E-state index is 12.9. The van der Waals surface area contributed by atoms with E-state index in [0.717, 1.165) is 12.0 Å². The van der Waals surface area contributed by atoms with Crippen LogP contribution in [0.5, 0.6) is 0 Å². The fraction of sp³-hybridized carbons (Fsp3) is 0.273. The van der Waals surface area contributed by atoms with Gasteiger partial charge in [-0.1, -0.05) is 0 Å². The van der Waals surface area contributed by atoms with Gasteiger partial charge in [0, 0.05) is 12.6 Å². The van der Waals surface area contributed by atoms with Crippen LogP contribution in [0.25, 0.3) is 0 Å². The summed E-state index contributed by atoms with van der Waals surface area (Å²) in [5.41, 5.74) is -0.391. The average molecular weight is 261 g/mol. The second kappa shape index (κ2) is 5.52. The van der Waals surface area contributed by atoms with Gasteiger partial charge in [-0.15, -0.1) is 0 Å². The highest BCUT2D eigenvalue weighted by Crippen LogP contribution is 2.14. The molecule has 0 fully saturated rings. The molecule has 98 valence electrons. The second-order valence-corrected chi connectivity index (χ2v) is 3.49. The van der Waals surface area contributed by atoms with Crippen LogP contribution < -0.4 is 0 Å². The van der Waals surface area contributed by atoms with Gasteiger partial charge in [-0.05, 0) is 12.1 Å². The van der Waals surface area contributed by atoms with Crippen LogP contribution in [0.1, 0.15) is 10.4 Å². The SMILES string of the molecule is COC(=O)CN(C)C(=O)c1cc(F)c(F)c(F)c1. The molecule has 4 nitrogen and oxygen atoms in total. The molecule has 7 heteroatoms. The lowest BCUT2D eigenvalue weighted by molar-refractivity contribution is -0.141. The quantitative estimate of drug-likeness (QED) is 0.609. The summed E-state index contributed by atoms with van der Waals surface area (Å²) in [6.45, 7) is -0.379. The Balaban J connectivity index is 2.94. The molecule has 0 aliphatic carbocycles. The molecule has 1 aromatic carbocycles. The van der Waals surface area contributed by atoms with Crippen LogP contribution in [0.2, 0.25) is 0 Å². The molecule has 18 heavy (non-hydrogen) atoms. The summed E-state index contributed by atoms with van der Waals surface area (Å²) in [5, 5.41) is 0. The summed E-state index contributed by atoms with van der Waals surface area (Å²) in [6, 6.07) is 1.13. The van der Waals surface area contributed by atoms with Gasteiger partial charge in [0.2, 0.25) is 0 Å². The molecule has 0 saturated heterocycles. The number of methoxy groups -OCH3 is 1. The lowest BCUT2D eigenvalue weighted by atomic mass is 10.2. The van der Waals surface area contributed by atoms with Crippen LogP contribution in [-0.4, -0.2) is 37.5 Å². The number of nitrogens with zero attached hydrogens (tertiary/aromatic N) is 1. The second-order valence-electron chi connectivity index (χ2n) is 3.49. The Kier molecular flexibility index (Phi) is 4.30. The number of hydrogen-bond acceptors (Lipinski definition) is 3. The number of halogens is 3. The van der Waals surface area contributed by atoms with E-state index in [2.05, 4.69) is 4.74 Å². The number of esters is 1. The number of rotatable bonds is 3. The van der Waals surface area contributed by atoms with Crippen molar-refractivity contribution in [1.29, 1.82) is 0 Å². The number of carbonyl (C=O) groups is 2. The van der Waals surface area contributed by atoms with Gasteiger partial charge < -0.3 is 9.64 Å². The number of benzene rings is 1. The molecule has 0 aliphatic heterocycles. The topological polar surface area (TPSA) is 46.6 Å². The first-order valence-electron chi connectivity index (χ1n) is 4.83. The molecule has 0 bridgehead atoms. The van der Waals surface area contributed by atoms with Crippen molar-refractivity contribution in [3.63, 3.8) is 0 Å². The summed E-state index contributed by atoms with van der Waals surface area (Å²) in [6.07, 6.45) is 0. The van der Waals surface area contributed by atoms with Gasteiger partial charge in [-0.25, -0.2) is 13.2 Å². The third kappa shape index (κ3) is 2.99. The minimum absolute atomic E-state index is 0.379. The van der Waals surface area contributed by atoms with Gasteiger partial charge in [0.25, 0.3) is 5.91 Å². The molecule has 0 N–H and O–H groups in total. The number of hydrogen-bond donors (Lipinski definition) is 0. The average Bonchev–Trinajstić information content (AvgIpc) is 2.33. The van der Waals surface area contributed by atoms with E-state index in [4.69, 9.17) is 0 Å². The third-order valence-electron chi connectivity index (χ3n) is 2.17. The number of amides is 1. The van der Waals surface area contributed by atoms with Crippen molar-refractivity contribution in [1.82, 2.24) is 4.90 Å². The van der Waals surface area contributed by atoms with Crippen molar-refractivity contribution in [2.45, 2.75) is 0 Å². The fourth-order valence-electron chi connectivity index (χ4n) is 1.23. The van der Waals surface area contributed by atoms with Gasteiger partial charge in [-0.3, -0.25) is 9.59 Å². The van der Waals surface area contributed by atoms with E-state index in [-0.39, 0.29) is 6.54 Å². The van der Waals surface area contributed by atoms with Crippen LogP contribution in [-0.2, 0) is 9.53 Å². The number of likely N-dealkylation sites (N-methyl/N-ethyl adjacent to an activating group) is 1. The zero-order valence-electron chi connectivity index (χ0n) is 9.67. The van der Waals surface area contributed by atoms with Crippen molar-refractivity contribution in [2.24, 2.45) is 0 Å². The lowest BCUT2D eigenvalue weighted by Crippen LogP contribution is -2.32. The fourth-order valence-corrected chi connectivity index (χ4v) is 1.23. The van der Waals surface area contributed by atoms with Crippen molar-refractivity contribution >= 4 is 11.9 Å². The van der Waals surface area contributed by atoms with Gasteiger partial charge in [-0.2, -0.15) is 0 Å².